The Bertz CT molecular complexity index is 628. The van der Waals surface area contributed by atoms with Crippen LogP contribution in [0.1, 0.15) is 33.5 Å². The number of imidazole rings is 1. The van der Waals surface area contributed by atoms with Gasteiger partial charge in [0.1, 0.15) is 5.82 Å². The van der Waals surface area contributed by atoms with Gasteiger partial charge in [0.05, 0.1) is 11.0 Å². The van der Waals surface area contributed by atoms with Crippen LogP contribution in [-0.4, -0.2) is 33.0 Å². The molecule has 1 aliphatic heterocycles. The maximum atomic E-state index is 4.74. The molecule has 3 nitrogen and oxygen atoms in total. The lowest BCUT2D eigenvalue weighted by Gasteiger charge is -2.38. The number of nitrogens with one attached hydrogen (secondary N) is 1. The number of fused-ring (bicyclic) bond motifs is 1. The van der Waals surface area contributed by atoms with Gasteiger partial charge in [-0.3, -0.25) is 4.90 Å². The van der Waals surface area contributed by atoms with Crippen LogP contribution >= 0.6 is 0 Å². The lowest BCUT2D eigenvalue weighted by molar-refractivity contribution is 0.138. The summed E-state index contributed by atoms with van der Waals surface area (Å²) in [6, 6.07) is 8.18. The van der Waals surface area contributed by atoms with Crippen molar-refractivity contribution in [2.75, 3.05) is 7.05 Å². The average molecular weight is 255 g/mol. The van der Waals surface area contributed by atoms with Gasteiger partial charge in [-0.1, -0.05) is 18.2 Å². The first-order valence-electron chi connectivity index (χ1n) is 6.75. The molecule has 0 amide bonds. The molecule has 3 heteroatoms. The molecule has 2 aromatic rings. The van der Waals surface area contributed by atoms with Crippen molar-refractivity contribution >= 4 is 16.6 Å². The highest BCUT2D eigenvalue weighted by molar-refractivity contribution is 5.81. The van der Waals surface area contributed by atoms with E-state index in [0.717, 1.165) is 16.9 Å². The fourth-order valence-corrected chi connectivity index (χ4v) is 2.97. The van der Waals surface area contributed by atoms with Crippen LogP contribution in [0.15, 0.2) is 30.3 Å². The van der Waals surface area contributed by atoms with Crippen molar-refractivity contribution in [3.63, 3.8) is 0 Å². The van der Waals surface area contributed by atoms with Crippen molar-refractivity contribution in [3.8, 4) is 0 Å². The van der Waals surface area contributed by atoms with Gasteiger partial charge in [-0.15, -0.1) is 0 Å². The Morgan fingerprint density at radius 1 is 1.11 bits per heavy atom. The Kier molecular flexibility index (Phi) is 2.42. The van der Waals surface area contributed by atoms with Crippen molar-refractivity contribution in [2.45, 2.75) is 38.8 Å². The van der Waals surface area contributed by atoms with Gasteiger partial charge in [-0.2, -0.15) is 0 Å². The van der Waals surface area contributed by atoms with Crippen molar-refractivity contribution < 1.29 is 0 Å². The number of likely N-dealkylation sites (N-methyl/N-ethyl adjacent to an activating group) is 1. The van der Waals surface area contributed by atoms with E-state index in [0.29, 0.717) is 0 Å². The number of para-hydroxylation sites is 2. The molecule has 0 radical (unpaired) electrons. The van der Waals surface area contributed by atoms with Gasteiger partial charge in [0.2, 0.25) is 0 Å². The van der Waals surface area contributed by atoms with E-state index in [2.05, 4.69) is 56.8 Å². The van der Waals surface area contributed by atoms with Gasteiger partial charge in [0, 0.05) is 16.7 Å². The first-order chi connectivity index (χ1) is 8.82. The lowest BCUT2D eigenvalue weighted by Crippen LogP contribution is -2.47. The summed E-state index contributed by atoms with van der Waals surface area (Å²) in [6.45, 7) is 8.98. The minimum absolute atomic E-state index is 0.0165. The maximum Gasteiger partial charge on any atom is 0.136 e. The monoisotopic (exact) mass is 255 g/mol. The Morgan fingerprint density at radius 2 is 1.79 bits per heavy atom. The molecular weight excluding hydrogens is 234 g/mol. The molecular formula is C16H21N3. The highest BCUT2D eigenvalue weighted by Gasteiger charge is 2.44. The minimum atomic E-state index is -0.0165. The fraction of sp³-hybridized carbons (Fsp3) is 0.438. The van der Waals surface area contributed by atoms with Crippen LogP contribution < -0.4 is 0 Å². The van der Waals surface area contributed by atoms with Crippen LogP contribution in [0.5, 0.6) is 0 Å². The third-order valence-corrected chi connectivity index (χ3v) is 4.50. The topological polar surface area (TPSA) is 31.9 Å². The summed E-state index contributed by atoms with van der Waals surface area (Å²) in [5.41, 5.74) is 3.44. The van der Waals surface area contributed by atoms with Crippen LogP contribution in [0.3, 0.4) is 0 Å². The van der Waals surface area contributed by atoms with Crippen molar-refractivity contribution in [2.24, 2.45) is 0 Å². The summed E-state index contributed by atoms with van der Waals surface area (Å²) in [7, 11) is 2.17. The zero-order valence-electron chi connectivity index (χ0n) is 12.3. The summed E-state index contributed by atoms with van der Waals surface area (Å²) in [6.07, 6.45) is 2.32. The maximum absolute atomic E-state index is 4.74. The first kappa shape index (κ1) is 12.4. The number of benzene rings is 1. The number of hydrogen-bond donors (Lipinski definition) is 1. The lowest BCUT2D eigenvalue weighted by atomic mass is 9.95. The summed E-state index contributed by atoms with van der Waals surface area (Å²) in [5, 5.41) is 0. The van der Waals surface area contributed by atoms with Crippen molar-refractivity contribution in [1.82, 2.24) is 14.9 Å². The van der Waals surface area contributed by atoms with Gasteiger partial charge in [0.25, 0.3) is 0 Å². The van der Waals surface area contributed by atoms with Crippen molar-refractivity contribution in [3.05, 3.63) is 36.2 Å². The Hall–Kier alpha value is -1.61. The van der Waals surface area contributed by atoms with Gasteiger partial charge in [0.15, 0.2) is 0 Å². The molecule has 100 valence electrons. The molecule has 0 unspecified atom stereocenters. The van der Waals surface area contributed by atoms with Gasteiger partial charge < -0.3 is 4.98 Å². The van der Waals surface area contributed by atoms with Gasteiger partial charge in [-0.25, -0.2) is 4.98 Å². The van der Waals surface area contributed by atoms with Gasteiger partial charge in [-0.05, 0) is 46.9 Å². The third kappa shape index (κ3) is 1.72. The van der Waals surface area contributed by atoms with Crippen LogP contribution in [0.2, 0.25) is 0 Å². The molecule has 0 aliphatic carbocycles. The third-order valence-electron chi connectivity index (χ3n) is 4.50. The second kappa shape index (κ2) is 3.70. The normalized spacial score (nSPS) is 21.8. The number of H-pyrrole nitrogens is 1. The molecule has 3 rings (SSSR count). The molecule has 2 heterocycles. The van der Waals surface area contributed by atoms with E-state index in [4.69, 9.17) is 4.98 Å². The molecule has 0 saturated heterocycles. The largest absolute Gasteiger partial charge is 0.338 e. The summed E-state index contributed by atoms with van der Waals surface area (Å²) in [5.74, 6) is 0.989. The van der Waals surface area contributed by atoms with E-state index in [1.54, 1.807) is 0 Å². The summed E-state index contributed by atoms with van der Waals surface area (Å²) < 4.78 is 0. The van der Waals surface area contributed by atoms with Crippen LogP contribution in [-0.2, 0) is 0 Å². The second-order valence-corrected chi connectivity index (χ2v) is 6.43. The van der Waals surface area contributed by atoms with Gasteiger partial charge >= 0.3 is 0 Å². The predicted octanol–water partition coefficient (Wildman–Crippen LogP) is 3.45. The molecule has 1 aliphatic rings. The van der Waals surface area contributed by atoms with Crippen LogP contribution in [0.25, 0.3) is 16.6 Å². The van der Waals surface area contributed by atoms with Crippen molar-refractivity contribution in [1.29, 1.82) is 0 Å². The standard InChI is InChI=1S/C16H21N3/c1-15(2)10-11(16(3,4)19(15)5)14-17-12-8-6-7-9-13(12)18-14/h6-10H,1-5H3,(H,17,18). The number of nitrogens with zero attached hydrogens (tertiary/aromatic N) is 2. The van der Waals surface area contributed by atoms with E-state index < -0.39 is 0 Å². The molecule has 19 heavy (non-hydrogen) atoms. The number of aromatic nitrogens is 2. The molecule has 0 spiro atoms. The van der Waals surface area contributed by atoms with Crippen LogP contribution in [0.4, 0.5) is 0 Å². The number of rotatable bonds is 1. The SMILES string of the molecule is CN1C(C)(C)C=C(c2nc3ccccc3[nH]2)C1(C)C. The van der Waals surface area contributed by atoms with Crippen LogP contribution in [0, 0.1) is 0 Å². The molecule has 1 N–H and O–H groups in total. The quantitative estimate of drug-likeness (QED) is 0.846. The zero-order chi connectivity index (χ0) is 13.8. The summed E-state index contributed by atoms with van der Waals surface area (Å²) in [4.78, 5) is 10.6. The van der Waals surface area contributed by atoms with E-state index in [1.807, 2.05) is 18.2 Å². The Labute approximate surface area is 114 Å². The highest BCUT2D eigenvalue weighted by atomic mass is 15.2. The molecule has 0 atom stereocenters. The zero-order valence-corrected chi connectivity index (χ0v) is 12.3. The fourth-order valence-electron chi connectivity index (χ4n) is 2.97. The summed E-state index contributed by atoms with van der Waals surface area (Å²) >= 11 is 0. The second-order valence-electron chi connectivity index (χ2n) is 6.43. The van der Waals surface area contributed by atoms with E-state index in [-0.39, 0.29) is 11.1 Å². The van der Waals surface area contributed by atoms with E-state index >= 15 is 0 Å². The molecule has 1 aromatic heterocycles. The smallest absolute Gasteiger partial charge is 0.136 e. The molecule has 0 bridgehead atoms. The molecule has 1 aromatic carbocycles. The van der Waals surface area contributed by atoms with E-state index in [9.17, 15) is 0 Å². The molecule has 0 saturated carbocycles. The minimum Gasteiger partial charge on any atom is -0.338 e. The first-order valence-corrected chi connectivity index (χ1v) is 6.75. The number of aromatic amines is 1. The highest BCUT2D eigenvalue weighted by Crippen LogP contribution is 2.42. The predicted molar refractivity (Wildman–Crippen MR) is 80.0 cm³/mol. The Balaban J connectivity index is 2.16. The van der Waals surface area contributed by atoms with E-state index in [1.165, 1.54) is 5.57 Å². The molecule has 0 fully saturated rings. The number of hydrogen-bond acceptors (Lipinski definition) is 2. The Morgan fingerprint density at radius 3 is 2.37 bits per heavy atom. The average Bonchev–Trinajstić information content (AvgIpc) is 2.83.